The topological polar surface area (TPSA) is 80.3 Å². The Bertz CT molecular complexity index is 870. The molecule has 28 heavy (non-hydrogen) atoms. The number of hydrogen-bond donors (Lipinski definition) is 2. The summed E-state index contributed by atoms with van der Waals surface area (Å²) in [5.74, 6) is 1.36. The van der Waals surface area contributed by atoms with Crippen LogP contribution >= 0.6 is 11.3 Å². The molecule has 2 atom stereocenters. The minimum absolute atomic E-state index is 0.00293. The minimum atomic E-state index is -0.458. The normalized spacial score (nSPS) is 32.7. The van der Waals surface area contributed by atoms with Crippen LogP contribution in [0.1, 0.15) is 48.2 Å². The van der Waals surface area contributed by atoms with Crippen molar-refractivity contribution >= 4 is 23.3 Å². The molecule has 2 N–H and O–H groups in total. The number of nitrogens with zero attached hydrogens (tertiary/aromatic N) is 1. The SMILES string of the molecule is O=C(NC12CC3CC(C1)CC(NC(=O)c1cccs1)(C3)C2)Oc1ccccn1. The molecular formula is C21H23N3O3S. The summed E-state index contributed by atoms with van der Waals surface area (Å²) in [5, 5.41) is 8.42. The van der Waals surface area contributed by atoms with Crippen LogP contribution in [0, 0.1) is 11.8 Å². The summed E-state index contributed by atoms with van der Waals surface area (Å²) in [6.07, 6.45) is 7.01. The van der Waals surface area contributed by atoms with Crippen molar-refractivity contribution in [3.8, 4) is 5.88 Å². The summed E-state index contributed by atoms with van der Waals surface area (Å²) in [5.41, 5.74) is -0.540. The highest BCUT2D eigenvalue weighted by atomic mass is 32.1. The molecule has 7 heteroatoms. The Labute approximate surface area is 167 Å². The van der Waals surface area contributed by atoms with Gasteiger partial charge >= 0.3 is 6.09 Å². The highest BCUT2D eigenvalue weighted by molar-refractivity contribution is 7.12. The molecule has 4 fully saturated rings. The summed E-state index contributed by atoms with van der Waals surface area (Å²) in [6, 6.07) is 9.00. The fourth-order valence-electron chi connectivity index (χ4n) is 6.01. The number of rotatable bonds is 4. The van der Waals surface area contributed by atoms with E-state index in [1.807, 2.05) is 17.5 Å². The van der Waals surface area contributed by atoms with Gasteiger partial charge in [-0.05, 0) is 67.9 Å². The first-order chi connectivity index (χ1) is 13.5. The second kappa shape index (κ2) is 6.58. The van der Waals surface area contributed by atoms with E-state index in [0.29, 0.717) is 17.7 Å². The molecule has 2 aromatic rings. The number of nitrogens with one attached hydrogen (secondary N) is 2. The van der Waals surface area contributed by atoms with E-state index in [4.69, 9.17) is 4.74 Å². The van der Waals surface area contributed by atoms with Crippen LogP contribution in [0.15, 0.2) is 41.9 Å². The van der Waals surface area contributed by atoms with Crippen LogP contribution < -0.4 is 15.4 Å². The third kappa shape index (κ3) is 3.28. The summed E-state index contributed by atoms with van der Waals surface area (Å²) in [7, 11) is 0. The van der Waals surface area contributed by atoms with Crippen molar-refractivity contribution in [2.75, 3.05) is 0 Å². The number of hydrogen-bond acceptors (Lipinski definition) is 5. The predicted molar refractivity (Wildman–Crippen MR) is 105 cm³/mol. The number of carbonyl (C=O) groups excluding carboxylic acids is 2. The van der Waals surface area contributed by atoms with E-state index in [1.165, 1.54) is 17.8 Å². The zero-order chi connectivity index (χ0) is 19.2. The average Bonchev–Trinajstić information content (AvgIpc) is 3.15. The lowest BCUT2D eigenvalue weighted by atomic mass is 9.50. The van der Waals surface area contributed by atoms with Crippen LogP contribution in [0.2, 0.25) is 0 Å². The van der Waals surface area contributed by atoms with Gasteiger partial charge < -0.3 is 15.4 Å². The maximum absolute atomic E-state index is 12.7. The van der Waals surface area contributed by atoms with Gasteiger partial charge in [0, 0.05) is 23.3 Å². The van der Waals surface area contributed by atoms with E-state index < -0.39 is 6.09 Å². The molecule has 4 aliphatic carbocycles. The third-order valence-electron chi connectivity index (χ3n) is 6.39. The molecule has 4 aliphatic rings. The zero-order valence-corrected chi connectivity index (χ0v) is 16.3. The maximum Gasteiger partial charge on any atom is 0.414 e. The van der Waals surface area contributed by atoms with E-state index in [1.54, 1.807) is 24.4 Å². The second-order valence-corrected chi connectivity index (χ2v) is 9.58. The van der Waals surface area contributed by atoms with Crippen LogP contribution in [-0.2, 0) is 0 Å². The van der Waals surface area contributed by atoms with Crippen molar-refractivity contribution in [2.45, 2.75) is 49.6 Å². The molecule has 146 valence electrons. The van der Waals surface area contributed by atoms with Crippen molar-refractivity contribution in [1.29, 1.82) is 0 Å². The van der Waals surface area contributed by atoms with E-state index in [-0.39, 0.29) is 17.0 Å². The number of aromatic nitrogens is 1. The van der Waals surface area contributed by atoms with Crippen molar-refractivity contribution in [1.82, 2.24) is 15.6 Å². The van der Waals surface area contributed by atoms with Crippen LogP contribution in [-0.4, -0.2) is 28.1 Å². The van der Waals surface area contributed by atoms with Crippen molar-refractivity contribution < 1.29 is 14.3 Å². The Morgan fingerprint density at radius 2 is 1.79 bits per heavy atom. The minimum Gasteiger partial charge on any atom is -0.391 e. The first kappa shape index (κ1) is 17.7. The van der Waals surface area contributed by atoms with E-state index >= 15 is 0 Å². The molecule has 0 aliphatic heterocycles. The molecule has 6 nitrogen and oxygen atoms in total. The highest BCUT2D eigenvalue weighted by Crippen LogP contribution is 2.57. The molecule has 0 spiro atoms. The third-order valence-corrected chi connectivity index (χ3v) is 7.26. The van der Waals surface area contributed by atoms with Crippen LogP contribution in [0.5, 0.6) is 5.88 Å². The standard InChI is InChI=1S/C21H23N3O3S/c25-18(16-4-3-7-28-16)23-20-9-14-8-15(10-20)12-21(11-14,13-20)24-19(26)27-17-5-1-2-6-22-17/h1-7,14-15H,8-13H2,(H,23,25)(H,24,26). The molecule has 6 rings (SSSR count). The molecule has 2 amide bonds. The Balaban J connectivity index is 1.33. The van der Waals surface area contributed by atoms with Gasteiger partial charge in [0.2, 0.25) is 5.88 Å². The van der Waals surface area contributed by atoms with Gasteiger partial charge in [0.15, 0.2) is 0 Å². The Morgan fingerprint density at radius 1 is 1.04 bits per heavy atom. The lowest BCUT2D eigenvalue weighted by Crippen LogP contribution is -2.70. The smallest absolute Gasteiger partial charge is 0.391 e. The Kier molecular flexibility index (Phi) is 4.16. The van der Waals surface area contributed by atoms with Gasteiger partial charge in [-0.3, -0.25) is 4.79 Å². The Morgan fingerprint density at radius 3 is 2.43 bits per heavy atom. The number of thiophene rings is 1. The van der Waals surface area contributed by atoms with Gasteiger partial charge in [-0.1, -0.05) is 12.1 Å². The van der Waals surface area contributed by atoms with Gasteiger partial charge in [-0.25, -0.2) is 9.78 Å². The van der Waals surface area contributed by atoms with Gasteiger partial charge in [-0.15, -0.1) is 11.3 Å². The number of carbonyl (C=O) groups is 2. The summed E-state index contributed by atoms with van der Waals surface area (Å²) in [4.78, 5) is 30.1. The van der Waals surface area contributed by atoms with Gasteiger partial charge in [0.25, 0.3) is 5.91 Å². The fraction of sp³-hybridized carbons (Fsp3) is 0.476. The lowest BCUT2D eigenvalue weighted by molar-refractivity contribution is -0.0449. The molecule has 0 aromatic carbocycles. The van der Waals surface area contributed by atoms with Crippen molar-refractivity contribution in [3.05, 3.63) is 46.8 Å². The average molecular weight is 398 g/mol. The van der Waals surface area contributed by atoms with Gasteiger partial charge in [0.1, 0.15) is 0 Å². The van der Waals surface area contributed by atoms with E-state index in [2.05, 4.69) is 15.6 Å². The van der Waals surface area contributed by atoms with Gasteiger partial charge in [-0.2, -0.15) is 0 Å². The Hall–Kier alpha value is -2.41. The summed E-state index contributed by atoms with van der Waals surface area (Å²) >= 11 is 1.46. The van der Waals surface area contributed by atoms with Crippen molar-refractivity contribution in [3.63, 3.8) is 0 Å². The molecule has 0 saturated heterocycles. The van der Waals surface area contributed by atoms with E-state index in [9.17, 15) is 9.59 Å². The largest absolute Gasteiger partial charge is 0.414 e. The number of amides is 2. The fourth-order valence-corrected chi connectivity index (χ4v) is 6.63. The van der Waals surface area contributed by atoms with Crippen LogP contribution in [0.3, 0.4) is 0 Å². The number of pyridine rings is 1. The monoisotopic (exact) mass is 397 g/mol. The van der Waals surface area contributed by atoms with Crippen LogP contribution in [0.4, 0.5) is 4.79 Å². The first-order valence-corrected chi connectivity index (χ1v) is 10.7. The molecule has 0 radical (unpaired) electrons. The maximum atomic E-state index is 12.7. The van der Waals surface area contributed by atoms with Gasteiger partial charge in [0.05, 0.1) is 4.88 Å². The molecule has 2 unspecified atom stereocenters. The summed E-state index contributed by atoms with van der Waals surface area (Å²) < 4.78 is 5.38. The summed E-state index contributed by atoms with van der Waals surface area (Å²) in [6.45, 7) is 0. The van der Waals surface area contributed by atoms with Crippen LogP contribution in [0.25, 0.3) is 0 Å². The first-order valence-electron chi connectivity index (χ1n) is 9.80. The number of ether oxygens (including phenoxy) is 1. The molecular weight excluding hydrogens is 374 g/mol. The molecule has 4 saturated carbocycles. The predicted octanol–water partition coefficient (Wildman–Crippen LogP) is 3.75. The van der Waals surface area contributed by atoms with Crippen molar-refractivity contribution in [2.24, 2.45) is 11.8 Å². The molecule has 4 bridgehead atoms. The quantitative estimate of drug-likeness (QED) is 0.823. The lowest BCUT2D eigenvalue weighted by Gasteiger charge is -2.62. The second-order valence-electron chi connectivity index (χ2n) is 8.64. The molecule has 2 aromatic heterocycles. The highest BCUT2D eigenvalue weighted by Gasteiger charge is 2.59. The van der Waals surface area contributed by atoms with E-state index in [0.717, 1.165) is 37.0 Å². The zero-order valence-electron chi connectivity index (χ0n) is 15.5. The molecule has 2 heterocycles.